The molecule has 0 radical (unpaired) electrons. The lowest BCUT2D eigenvalue weighted by Crippen LogP contribution is -2.27. The number of hydrogen-bond acceptors (Lipinski definition) is 5. The molecule has 0 bridgehead atoms. The topological polar surface area (TPSA) is 81.3 Å². The van der Waals surface area contributed by atoms with Crippen LogP contribution in [0.1, 0.15) is 26.8 Å². The molecule has 3 heterocycles. The van der Waals surface area contributed by atoms with E-state index in [0.717, 1.165) is 13.1 Å². The Kier molecular flexibility index (Phi) is 5.11. The molecule has 0 unspecified atom stereocenters. The third-order valence-corrected chi connectivity index (χ3v) is 5.00. The Morgan fingerprint density at radius 2 is 1.86 bits per heavy atom. The van der Waals surface area contributed by atoms with Gasteiger partial charge in [0, 0.05) is 19.2 Å². The van der Waals surface area contributed by atoms with Crippen molar-refractivity contribution < 1.29 is 31.1 Å². The Labute approximate surface area is 165 Å². The number of thiazole rings is 1. The van der Waals surface area contributed by atoms with Gasteiger partial charge in [-0.1, -0.05) is 22.9 Å². The van der Waals surface area contributed by atoms with Gasteiger partial charge in [0.25, 0.3) is 11.5 Å². The maximum Gasteiger partial charge on any atom is 0.435 e. The SMILES string of the molecule is CNC(=O)c1c(C(F)(F)F)sc2nc(Cn3nc(C(F)(F)F)cc3Cl)cc(=O)n12. The van der Waals surface area contributed by atoms with Crippen molar-refractivity contribution in [3.63, 3.8) is 0 Å². The summed E-state index contributed by atoms with van der Waals surface area (Å²) in [5.41, 5.74) is -3.42. The molecule has 156 valence electrons. The van der Waals surface area contributed by atoms with Crippen LogP contribution >= 0.6 is 22.9 Å². The maximum absolute atomic E-state index is 13.3. The molecule has 1 N–H and O–H groups in total. The Balaban J connectivity index is 2.13. The van der Waals surface area contributed by atoms with Crippen molar-refractivity contribution >= 4 is 33.8 Å². The first-order valence-corrected chi connectivity index (χ1v) is 8.67. The van der Waals surface area contributed by atoms with Crippen LogP contribution in [0, 0.1) is 0 Å². The lowest BCUT2D eigenvalue weighted by molar-refractivity contribution is -0.141. The standard InChI is InChI=1S/C14H8ClF6N5O2S/c1-22-11(28)9-10(14(19,20)21)29-12-23-5(2-8(27)26(9)12)4-25-7(15)3-6(24-25)13(16,17)18/h2-3H,4H2,1H3,(H,22,28). The predicted octanol–water partition coefficient (Wildman–Crippen LogP) is 3.05. The first kappa shape index (κ1) is 21.1. The summed E-state index contributed by atoms with van der Waals surface area (Å²) in [6.07, 6.45) is -9.69. The number of rotatable bonds is 3. The van der Waals surface area contributed by atoms with E-state index in [-0.39, 0.29) is 17.0 Å². The van der Waals surface area contributed by atoms with E-state index in [0.29, 0.717) is 15.1 Å². The molecule has 0 spiro atoms. The monoisotopic (exact) mass is 459 g/mol. The van der Waals surface area contributed by atoms with Gasteiger partial charge < -0.3 is 5.32 Å². The van der Waals surface area contributed by atoms with Gasteiger partial charge in [-0.15, -0.1) is 0 Å². The zero-order valence-corrected chi connectivity index (χ0v) is 15.6. The number of carbonyl (C=O) groups excluding carboxylic acids is 1. The molecular weight excluding hydrogens is 452 g/mol. The number of carbonyl (C=O) groups is 1. The van der Waals surface area contributed by atoms with E-state index in [1.165, 1.54) is 0 Å². The van der Waals surface area contributed by atoms with Crippen LogP contribution in [0.3, 0.4) is 0 Å². The molecule has 0 aliphatic heterocycles. The second-order valence-corrected chi connectivity index (χ2v) is 6.93. The highest BCUT2D eigenvalue weighted by Crippen LogP contribution is 2.37. The van der Waals surface area contributed by atoms with Crippen LogP contribution in [0.5, 0.6) is 0 Å². The van der Waals surface area contributed by atoms with Gasteiger partial charge in [-0.25, -0.2) is 14.1 Å². The summed E-state index contributed by atoms with van der Waals surface area (Å²) in [7, 11) is 1.09. The number of amides is 1. The van der Waals surface area contributed by atoms with Gasteiger partial charge >= 0.3 is 12.4 Å². The fraction of sp³-hybridized carbons (Fsp3) is 0.286. The van der Waals surface area contributed by atoms with E-state index in [9.17, 15) is 35.9 Å². The zero-order chi connectivity index (χ0) is 21.7. The first-order valence-electron chi connectivity index (χ1n) is 7.48. The van der Waals surface area contributed by atoms with Crippen molar-refractivity contribution in [1.82, 2.24) is 24.5 Å². The number of fused-ring (bicyclic) bond motifs is 1. The van der Waals surface area contributed by atoms with Crippen LogP contribution in [0.4, 0.5) is 26.3 Å². The predicted molar refractivity (Wildman–Crippen MR) is 89.1 cm³/mol. The molecule has 0 fully saturated rings. The van der Waals surface area contributed by atoms with Crippen molar-refractivity contribution in [2.45, 2.75) is 18.9 Å². The lowest BCUT2D eigenvalue weighted by atomic mass is 10.3. The van der Waals surface area contributed by atoms with Crippen molar-refractivity contribution in [3.05, 3.63) is 49.6 Å². The molecule has 0 saturated carbocycles. The molecule has 3 rings (SSSR count). The van der Waals surface area contributed by atoms with E-state index in [1.807, 2.05) is 5.32 Å². The van der Waals surface area contributed by atoms with Crippen LogP contribution in [0.2, 0.25) is 5.15 Å². The molecule has 3 aromatic rings. The van der Waals surface area contributed by atoms with Crippen LogP contribution in [0.15, 0.2) is 16.9 Å². The average molecular weight is 460 g/mol. The molecule has 0 atom stereocenters. The molecule has 3 aromatic heterocycles. The largest absolute Gasteiger partial charge is 0.435 e. The van der Waals surface area contributed by atoms with Crippen LogP contribution in [-0.2, 0) is 18.9 Å². The fourth-order valence-corrected chi connectivity index (χ4v) is 3.63. The molecule has 7 nitrogen and oxygen atoms in total. The minimum Gasteiger partial charge on any atom is -0.354 e. The van der Waals surface area contributed by atoms with E-state index in [2.05, 4.69) is 10.1 Å². The molecule has 0 aliphatic carbocycles. The van der Waals surface area contributed by atoms with Crippen molar-refractivity contribution in [1.29, 1.82) is 0 Å². The van der Waals surface area contributed by atoms with Gasteiger partial charge in [0.15, 0.2) is 10.7 Å². The van der Waals surface area contributed by atoms with E-state index >= 15 is 0 Å². The molecule has 29 heavy (non-hydrogen) atoms. The molecular formula is C14H8ClF6N5O2S. The summed E-state index contributed by atoms with van der Waals surface area (Å²) in [5, 5.41) is 4.87. The van der Waals surface area contributed by atoms with E-state index in [4.69, 9.17) is 11.6 Å². The molecule has 1 amide bonds. The number of alkyl halides is 6. The van der Waals surface area contributed by atoms with E-state index < -0.39 is 56.7 Å². The summed E-state index contributed by atoms with van der Waals surface area (Å²) < 4.78 is 79.2. The second kappa shape index (κ2) is 7.02. The third-order valence-electron chi connectivity index (χ3n) is 3.61. The lowest BCUT2D eigenvalue weighted by Gasteiger charge is -2.07. The maximum atomic E-state index is 13.3. The molecule has 15 heteroatoms. The average Bonchev–Trinajstić information content (AvgIpc) is 3.15. The van der Waals surface area contributed by atoms with Crippen molar-refractivity contribution in [3.8, 4) is 0 Å². The highest BCUT2D eigenvalue weighted by Gasteiger charge is 2.40. The molecule has 0 saturated heterocycles. The highest BCUT2D eigenvalue weighted by atomic mass is 35.5. The van der Waals surface area contributed by atoms with Gasteiger partial charge in [0.2, 0.25) is 0 Å². The Morgan fingerprint density at radius 1 is 1.21 bits per heavy atom. The third kappa shape index (κ3) is 3.94. The van der Waals surface area contributed by atoms with Gasteiger partial charge in [-0.2, -0.15) is 31.4 Å². The zero-order valence-electron chi connectivity index (χ0n) is 14.0. The Morgan fingerprint density at radius 3 is 2.38 bits per heavy atom. The fourth-order valence-electron chi connectivity index (χ4n) is 2.41. The Bertz CT molecular complexity index is 1160. The highest BCUT2D eigenvalue weighted by molar-refractivity contribution is 7.17. The minimum atomic E-state index is -4.93. The smallest absolute Gasteiger partial charge is 0.354 e. The summed E-state index contributed by atoms with van der Waals surface area (Å²) in [5.74, 6) is -1.15. The van der Waals surface area contributed by atoms with Crippen LogP contribution < -0.4 is 10.9 Å². The normalized spacial score (nSPS) is 12.6. The summed E-state index contributed by atoms with van der Waals surface area (Å²) in [4.78, 5) is 26.3. The van der Waals surface area contributed by atoms with Gasteiger partial charge in [-0.05, 0) is 0 Å². The number of nitrogens with one attached hydrogen (secondary N) is 1. The van der Waals surface area contributed by atoms with E-state index in [1.54, 1.807) is 0 Å². The second-order valence-electron chi connectivity index (χ2n) is 5.57. The summed E-state index contributed by atoms with van der Waals surface area (Å²) in [6.45, 7) is -0.505. The van der Waals surface area contributed by atoms with Gasteiger partial charge in [0.05, 0.1) is 12.2 Å². The first-order chi connectivity index (χ1) is 13.3. The summed E-state index contributed by atoms with van der Waals surface area (Å²) >= 11 is 5.75. The number of aromatic nitrogens is 4. The number of halogens is 7. The number of hydrogen-bond donors (Lipinski definition) is 1. The van der Waals surface area contributed by atoms with Crippen LogP contribution in [-0.4, -0.2) is 32.1 Å². The quantitative estimate of drug-likeness (QED) is 0.610. The summed E-state index contributed by atoms with van der Waals surface area (Å²) in [6, 6.07) is 1.35. The molecule has 0 aromatic carbocycles. The minimum absolute atomic E-state index is 0.0505. The van der Waals surface area contributed by atoms with Crippen LogP contribution in [0.25, 0.3) is 4.96 Å². The van der Waals surface area contributed by atoms with Crippen molar-refractivity contribution in [2.24, 2.45) is 0 Å². The Hall–Kier alpha value is -2.61. The number of nitrogens with zero attached hydrogens (tertiary/aromatic N) is 4. The van der Waals surface area contributed by atoms with Gasteiger partial charge in [0.1, 0.15) is 15.7 Å². The molecule has 0 aliphatic rings. The van der Waals surface area contributed by atoms with Gasteiger partial charge in [-0.3, -0.25) is 9.59 Å². The van der Waals surface area contributed by atoms with Crippen molar-refractivity contribution in [2.75, 3.05) is 7.05 Å².